The minimum atomic E-state index is -0.444. The molecule has 0 aromatic heterocycles. The van der Waals surface area contributed by atoms with Crippen LogP contribution >= 0.6 is 11.8 Å². The predicted octanol–water partition coefficient (Wildman–Crippen LogP) is 5.71. The molecule has 0 aliphatic carbocycles. The van der Waals surface area contributed by atoms with Gasteiger partial charge in [-0.1, -0.05) is 48.0 Å². The molecule has 7 heteroatoms. The number of amides is 1. The SMILES string of the molecule is Cc1ccc(N=C2S/C(=C/c3ccc([N+](=O)[O-])cc3)C(=O)N2Cc2ccccc2)cc1. The number of carbonyl (C=O) groups excluding carboxylic acids is 1. The zero-order chi connectivity index (χ0) is 21.8. The number of aryl methyl sites for hydroxylation is 1. The van der Waals surface area contributed by atoms with Crippen molar-refractivity contribution in [2.75, 3.05) is 0 Å². The first-order valence-corrected chi connectivity index (χ1v) is 10.5. The van der Waals surface area contributed by atoms with Crippen molar-refractivity contribution in [3.8, 4) is 0 Å². The molecule has 0 saturated carbocycles. The largest absolute Gasteiger partial charge is 0.282 e. The summed E-state index contributed by atoms with van der Waals surface area (Å²) in [5.74, 6) is -0.141. The third-order valence-corrected chi connectivity index (χ3v) is 5.74. The zero-order valence-corrected chi connectivity index (χ0v) is 17.6. The van der Waals surface area contributed by atoms with Gasteiger partial charge in [0.2, 0.25) is 0 Å². The Labute approximate surface area is 184 Å². The maximum atomic E-state index is 13.2. The van der Waals surface area contributed by atoms with Gasteiger partial charge in [0.25, 0.3) is 11.6 Å². The van der Waals surface area contributed by atoms with Crippen LogP contribution in [0.3, 0.4) is 0 Å². The lowest BCUT2D eigenvalue weighted by molar-refractivity contribution is -0.384. The fourth-order valence-corrected chi connectivity index (χ4v) is 4.07. The van der Waals surface area contributed by atoms with E-state index in [0.717, 1.165) is 22.4 Å². The van der Waals surface area contributed by atoms with E-state index < -0.39 is 4.92 Å². The van der Waals surface area contributed by atoms with E-state index in [0.29, 0.717) is 16.6 Å². The fourth-order valence-electron chi connectivity index (χ4n) is 3.07. The van der Waals surface area contributed by atoms with E-state index in [2.05, 4.69) is 0 Å². The molecule has 1 aliphatic rings. The number of carbonyl (C=O) groups is 1. The summed E-state index contributed by atoms with van der Waals surface area (Å²) < 4.78 is 0. The second kappa shape index (κ2) is 8.97. The minimum absolute atomic E-state index is 0.0138. The average molecular weight is 430 g/mol. The molecular formula is C24H19N3O3S. The first-order chi connectivity index (χ1) is 15.0. The molecule has 0 atom stereocenters. The van der Waals surface area contributed by atoms with Crippen molar-refractivity contribution in [2.24, 2.45) is 4.99 Å². The lowest BCUT2D eigenvalue weighted by Gasteiger charge is -2.15. The highest BCUT2D eigenvalue weighted by atomic mass is 32.2. The van der Waals surface area contributed by atoms with Crippen LogP contribution in [0.1, 0.15) is 16.7 Å². The summed E-state index contributed by atoms with van der Waals surface area (Å²) in [5.41, 5.74) is 3.65. The van der Waals surface area contributed by atoms with Crippen LogP contribution in [0.25, 0.3) is 6.08 Å². The number of thioether (sulfide) groups is 1. The summed E-state index contributed by atoms with van der Waals surface area (Å²) >= 11 is 1.30. The number of rotatable bonds is 5. The Bertz CT molecular complexity index is 1170. The molecule has 3 aromatic rings. The van der Waals surface area contributed by atoms with E-state index in [1.807, 2.05) is 61.5 Å². The number of hydrogen-bond acceptors (Lipinski definition) is 5. The Hall–Kier alpha value is -3.71. The highest BCUT2D eigenvalue weighted by molar-refractivity contribution is 8.18. The summed E-state index contributed by atoms with van der Waals surface area (Å²) in [7, 11) is 0. The Morgan fingerprint density at radius 3 is 2.32 bits per heavy atom. The van der Waals surface area contributed by atoms with E-state index in [9.17, 15) is 14.9 Å². The summed E-state index contributed by atoms with van der Waals surface area (Å²) in [6.45, 7) is 2.42. The minimum Gasteiger partial charge on any atom is -0.282 e. The molecule has 0 spiro atoms. The van der Waals surface area contributed by atoms with Crippen molar-refractivity contribution in [1.82, 2.24) is 4.90 Å². The third-order valence-electron chi connectivity index (χ3n) is 4.73. The lowest BCUT2D eigenvalue weighted by atomic mass is 10.2. The molecular weight excluding hydrogens is 410 g/mol. The van der Waals surface area contributed by atoms with E-state index in [4.69, 9.17) is 4.99 Å². The molecule has 1 fully saturated rings. The van der Waals surface area contributed by atoms with E-state index in [1.165, 1.54) is 23.9 Å². The summed E-state index contributed by atoms with van der Waals surface area (Å²) in [4.78, 5) is 30.5. The van der Waals surface area contributed by atoms with Crippen LogP contribution in [0.15, 0.2) is 88.8 Å². The molecule has 1 amide bonds. The summed E-state index contributed by atoms with van der Waals surface area (Å²) in [6.07, 6.45) is 1.74. The summed E-state index contributed by atoms with van der Waals surface area (Å²) in [5, 5.41) is 11.5. The van der Waals surface area contributed by atoms with Crippen molar-refractivity contribution in [3.63, 3.8) is 0 Å². The van der Waals surface area contributed by atoms with Gasteiger partial charge in [-0.3, -0.25) is 19.8 Å². The Balaban J connectivity index is 1.67. The number of aliphatic imine (C=N–C) groups is 1. The molecule has 3 aromatic carbocycles. The molecule has 0 unspecified atom stereocenters. The molecule has 6 nitrogen and oxygen atoms in total. The second-order valence-corrected chi connectivity index (χ2v) is 8.08. The number of amidine groups is 1. The highest BCUT2D eigenvalue weighted by Gasteiger charge is 2.33. The Morgan fingerprint density at radius 2 is 1.68 bits per heavy atom. The van der Waals surface area contributed by atoms with Gasteiger partial charge in [0.05, 0.1) is 22.1 Å². The van der Waals surface area contributed by atoms with Gasteiger partial charge >= 0.3 is 0 Å². The van der Waals surface area contributed by atoms with Crippen molar-refractivity contribution in [2.45, 2.75) is 13.5 Å². The van der Waals surface area contributed by atoms with Crippen molar-refractivity contribution in [3.05, 3.63) is 111 Å². The molecule has 0 radical (unpaired) electrons. The molecule has 1 aliphatic heterocycles. The number of nitro groups is 1. The van der Waals surface area contributed by atoms with Crippen molar-refractivity contribution >= 4 is 40.3 Å². The maximum absolute atomic E-state index is 13.2. The first kappa shape index (κ1) is 20.6. The van der Waals surface area contributed by atoms with Crippen molar-refractivity contribution < 1.29 is 9.72 Å². The molecule has 31 heavy (non-hydrogen) atoms. The first-order valence-electron chi connectivity index (χ1n) is 9.65. The van der Waals surface area contributed by atoms with E-state index in [-0.39, 0.29) is 11.6 Å². The number of nitro benzene ring substituents is 1. The molecule has 0 bridgehead atoms. The molecule has 0 N–H and O–H groups in total. The third kappa shape index (κ3) is 4.90. The standard InChI is InChI=1S/C24H19N3O3S/c1-17-7-11-20(12-8-17)25-24-26(16-19-5-3-2-4-6-19)23(28)22(31-24)15-18-9-13-21(14-10-18)27(29)30/h2-15H,16H2,1H3/b22-15+,25-24?. The topological polar surface area (TPSA) is 75.8 Å². The van der Waals surface area contributed by atoms with Crippen LogP contribution < -0.4 is 0 Å². The van der Waals surface area contributed by atoms with Gasteiger partial charge in [-0.2, -0.15) is 0 Å². The fraction of sp³-hybridized carbons (Fsp3) is 0.0833. The van der Waals surface area contributed by atoms with Crippen LogP contribution in [0.2, 0.25) is 0 Å². The van der Waals surface area contributed by atoms with Crippen LogP contribution in [-0.4, -0.2) is 20.9 Å². The number of benzene rings is 3. The number of non-ortho nitro benzene ring substituents is 1. The van der Waals surface area contributed by atoms with Gasteiger partial charge < -0.3 is 0 Å². The Morgan fingerprint density at radius 1 is 1.00 bits per heavy atom. The highest BCUT2D eigenvalue weighted by Crippen LogP contribution is 2.35. The van der Waals surface area contributed by atoms with Crippen LogP contribution in [0.5, 0.6) is 0 Å². The van der Waals surface area contributed by atoms with Gasteiger partial charge in [0.1, 0.15) is 0 Å². The quantitative estimate of drug-likeness (QED) is 0.296. The van der Waals surface area contributed by atoms with Crippen LogP contribution in [0, 0.1) is 17.0 Å². The molecule has 154 valence electrons. The van der Waals surface area contributed by atoms with Gasteiger partial charge in [-0.05, 0) is 60.2 Å². The van der Waals surface area contributed by atoms with Gasteiger partial charge in [0, 0.05) is 12.1 Å². The zero-order valence-electron chi connectivity index (χ0n) is 16.8. The van der Waals surface area contributed by atoms with Gasteiger partial charge in [-0.25, -0.2) is 4.99 Å². The molecule has 1 heterocycles. The normalized spacial score (nSPS) is 16.3. The molecule has 4 rings (SSSR count). The number of nitrogens with zero attached hydrogens (tertiary/aromatic N) is 3. The smallest absolute Gasteiger partial charge is 0.269 e. The monoisotopic (exact) mass is 429 g/mol. The average Bonchev–Trinajstić information content (AvgIpc) is 3.05. The Kier molecular flexibility index (Phi) is 5.95. The van der Waals surface area contributed by atoms with Crippen LogP contribution in [0.4, 0.5) is 11.4 Å². The van der Waals surface area contributed by atoms with Crippen LogP contribution in [-0.2, 0) is 11.3 Å². The van der Waals surface area contributed by atoms with Gasteiger partial charge in [-0.15, -0.1) is 0 Å². The molecule has 1 saturated heterocycles. The van der Waals surface area contributed by atoms with Gasteiger partial charge in [0.15, 0.2) is 5.17 Å². The number of hydrogen-bond donors (Lipinski definition) is 0. The van der Waals surface area contributed by atoms with E-state index in [1.54, 1.807) is 23.1 Å². The maximum Gasteiger partial charge on any atom is 0.269 e. The summed E-state index contributed by atoms with van der Waals surface area (Å²) in [6, 6.07) is 23.7. The lowest BCUT2D eigenvalue weighted by Crippen LogP contribution is -2.28. The predicted molar refractivity (Wildman–Crippen MR) is 124 cm³/mol. The second-order valence-electron chi connectivity index (χ2n) is 7.07. The van der Waals surface area contributed by atoms with E-state index >= 15 is 0 Å². The van der Waals surface area contributed by atoms with Crippen molar-refractivity contribution in [1.29, 1.82) is 0 Å².